The molecule has 0 unspecified atom stereocenters. The molecule has 0 atom stereocenters. The summed E-state index contributed by atoms with van der Waals surface area (Å²) in [5, 5.41) is 0. The van der Waals surface area contributed by atoms with E-state index in [-0.39, 0.29) is 32.7 Å². The van der Waals surface area contributed by atoms with Crippen molar-refractivity contribution in [3.05, 3.63) is 42.6 Å². The van der Waals surface area contributed by atoms with Gasteiger partial charge in [0.1, 0.15) is 5.84 Å². The first kappa shape index (κ1) is 13.2. The van der Waals surface area contributed by atoms with Crippen molar-refractivity contribution in [1.82, 2.24) is 9.80 Å². The third kappa shape index (κ3) is 3.15. The van der Waals surface area contributed by atoms with Gasteiger partial charge in [-0.1, -0.05) is 6.08 Å². The van der Waals surface area contributed by atoms with Crippen LogP contribution in [0.4, 0.5) is 0 Å². The number of hydrogen-bond donors (Lipinski definition) is 0. The Morgan fingerprint density at radius 2 is 2.29 bits per heavy atom. The standard InChI is InChI=1S/C13H16N3.Y/c1-2-9-16-10-6-12(14-13(16)5-1)11-15-7-3-4-8-15;/h1-3,5-6,9H,4,7-8,10-11H2;/q-1;. The zero-order valence-corrected chi connectivity index (χ0v) is 12.8. The van der Waals surface area contributed by atoms with Crippen LogP contribution < -0.4 is 0 Å². The van der Waals surface area contributed by atoms with Crippen LogP contribution in [-0.4, -0.2) is 41.8 Å². The van der Waals surface area contributed by atoms with E-state index >= 15 is 0 Å². The fourth-order valence-corrected chi connectivity index (χ4v) is 2.23. The van der Waals surface area contributed by atoms with E-state index in [9.17, 15) is 0 Å². The van der Waals surface area contributed by atoms with Gasteiger partial charge in [0, 0.05) is 52.0 Å². The van der Waals surface area contributed by atoms with E-state index in [1.54, 1.807) is 0 Å². The van der Waals surface area contributed by atoms with Crippen LogP contribution in [0.1, 0.15) is 6.42 Å². The Morgan fingerprint density at radius 1 is 1.35 bits per heavy atom. The van der Waals surface area contributed by atoms with Crippen LogP contribution in [0.15, 0.2) is 41.2 Å². The summed E-state index contributed by atoms with van der Waals surface area (Å²) in [7, 11) is 0. The average molecular weight is 303 g/mol. The van der Waals surface area contributed by atoms with Crippen molar-refractivity contribution < 1.29 is 32.7 Å². The Morgan fingerprint density at radius 3 is 3.12 bits per heavy atom. The summed E-state index contributed by atoms with van der Waals surface area (Å²) >= 11 is 0. The van der Waals surface area contributed by atoms with Gasteiger partial charge in [0.15, 0.2) is 0 Å². The molecule has 0 aromatic heterocycles. The number of allylic oxidation sites excluding steroid dienone is 2. The Bertz CT molecular complexity index is 389. The number of likely N-dealkylation sites (tertiary alicyclic amines) is 1. The second-order valence-electron chi connectivity index (χ2n) is 4.33. The Balaban J connectivity index is 0.00000108. The Kier molecular flexibility index (Phi) is 4.72. The van der Waals surface area contributed by atoms with Gasteiger partial charge in [0.2, 0.25) is 0 Å². The number of hydrogen-bond acceptors (Lipinski definition) is 3. The monoisotopic (exact) mass is 303 g/mol. The molecule has 0 aromatic carbocycles. The number of nitrogens with zero attached hydrogens (tertiary/aromatic N) is 3. The summed E-state index contributed by atoms with van der Waals surface area (Å²) in [6.45, 7) is 4.24. The fraction of sp³-hybridized carbons (Fsp3) is 0.385. The molecule has 0 N–H and O–H groups in total. The minimum absolute atomic E-state index is 0. The van der Waals surface area contributed by atoms with E-state index < -0.39 is 0 Å². The molecule has 0 aromatic rings. The van der Waals surface area contributed by atoms with E-state index in [4.69, 9.17) is 0 Å². The molecule has 0 amide bonds. The third-order valence-electron chi connectivity index (χ3n) is 3.12. The first-order chi connectivity index (χ1) is 7.92. The molecule has 3 nitrogen and oxygen atoms in total. The van der Waals surface area contributed by atoms with E-state index in [1.165, 1.54) is 18.7 Å². The normalized spacial score (nSPS) is 22.9. The van der Waals surface area contributed by atoms with Crippen LogP contribution in [0.25, 0.3) is 0 Å². The first-order valence-electron chi connectivity index (χ1n) is 5.85. The molecule has 0 bridgehead atoms. The molecule has 0 saturated carbocycles. The molecule has 17 heavy (non-hydrogen) atoms. The van der Waals surface area contributed by atoms with Gasteiger partial charge in [-0.3, -0.25) is 0 Å². The van der Waals surface area contributed by atoms with Gasteiger partial charge < -0.3 is 16.2 Å². The van der Waals surface area contributed by atoms with Crippen molar-refractivity contribution in [2.24, 2.45) is 4.99 Å². The van der Waals surface area contributed by atoms with E-state index in [0.29, 0.717) is 0 Å². The number of aliphatic imine (C=N–C) groups is 1. The second kappa shape index (κ2) is 6.08. The van der Waals surface area contributed by atoms with Crippen molar-refractivity contribution in [1.29, 1.82) is 0 Å². The van der Waals surface area contributed by atoms with E-state index in [0.717, 1.165) is 25.5 Å². The van der Waals surface area contributed by atoms with Crippen molar-refractivity contribution in [2.45, 2.75) is 6.42 Å². The van der Waals surface area contributed by atoms with Crippen molar-refractivity contribution in [3.63, 3.8) is 0 Å². The second-order valence-corrected chi connectivity index (χ2v) is 4.33. The van der Waals surface area contributed by atoms with E-state index in [1.807, 2.05) is 12.2 Å². The molecular weight excluding hydrogens is 287 g/mol. The van der Waals surface area contributed by atoms with E-state index in [2.05, 4.69) is 39.6 Å². The van der Waals surface area contributed by atoms with Crippen molar-refractivity contribution in [3.8, 4) is 0 Å². The molecular formula is C13H16N3Y-. The van der Waals surface area contributed by atoms with Crippen LogP contribution >= 0.6 is 0 Å². The van der Waals surface area contributed by atoms with Crippen LogP contribution in [0, 0.1) is 6.42 Å². The molecule has 3 aliphatic rings. The molecule has 87 valence electrons. The summed E-state index contributed by atoms with van der Waals surface area (Å²) in [4.78, 5) is 9.28. The minimum atomic E-state index is 0. The van der Waals surface area contributed by atoms with Gasteiger partial charge in [-0.2, -0.15) is 6.42 Å². The van der Waals surface area contributed by atoms with Crippen LogP contribution in [0.5, 0.6) is 0 Å². The van der Waals surface area contributed by atoms with Gasteiger partial charge in [-0.25, -0.2) is 4.99 Å². The predicted molar refractivity (Wildman–Crippen MR) is 65.9 cm³/mol. The molecule has 3 heterocycles. The summed E-state index contributed by atoms with van der Waals surface area (Å²) in [6, 6.07) is 0. The number of rotatable bonds is 2. The summed E-state index contributed by atoms with van der Waals surface area (Å²) in [6.07, 6.45) is 14.0. The largest absolute Gasteiger partial charge is 0.330 e. The SMILES string of the molecule is C1=CC2=NC(CN3C[CH-]CC3)=CCN2C=C1.[Y]. The quantitative estimate of drug-likeness (QED) is 0.721. The van der Waals surface area contributed by atoms with Crippen LogP contribution in [0.3, 0.4) is 0 Å². The Hall–Kier alpha value is -0.246. The smallest absolute Gasteiger partial charge is 0.133 e. The predicted octanol–water partition coefficient (Wildman–Crippen LogP) is 1.58. The minimum Gasteiger partial charge on any atom is -0.330 e. The van der Waals surface area contributed by atoms with Gasteiger partial charge in [-0.15, -0.1) is 6.54 Å². The zero-order chi connectivity index (χ0) is 10.8. The number of fused-ring (bicyclic) bond motifs is 1. The molecule has 1 radical (unpaired) electrons. The maximum Gasteiger partial charge on any atom is 0.133 e. The molecule has 1 saturated heterocycles. The average Bonchev–Trinajstić information content (AvgIpc) is 2.82. The molecule has 0 spiro atoms. The summed E-state index contributed by atoms with van der Waals surface area (Å²) in [5.41, 5.74) is 1.21. The van der Waals surface area contributed by atoms with Gasteiger partial charge in [-0.05, 0) is 24.8 Å². The van der Waals surface area contributed by atoms with Gasteiger partial charge in [0.05, 0.1) is 5.70 Å². The zero-order valence-electron chi connectivity index (χ0n) is 9.92. The molecule has 4 heteroatoms. The summed E-state index contributed by atoms with van der Waals surface area (Å²) < 4.78 is 0. The molecule has 3 rings (SSSR count). The summed E-state index contributed by atoms with van der Waals surface area (Å²) in [5.74, 6) is 1.07. The maximum absolute atomic E-state index is 4.68. The van der Waals surface area contributed by atoms with Crippen molar-refractivity contribution in [2.75, 3.05) is 26.2 Å². The van der Waals surface area contributed by atoms with Crippen molar-refractivity contribution >= 4 is 5.84 Å². The third-order valence-corrected chi connectivity index (χ3v) is 3.12. The van der Waals surface area contributed by atoms with Gasteiger partial charge >= 0.3 is 0 Å². The first-order valence-corrected chi connectivity index (χ1v) is 5.85. The molecule has 3 aliphatic heterocycles. The van der Waals surface area contributed by atoms with Crippen LogP contribution in [-0.2, 0) is 32.7 Å². The fourth-order valence-electron chi connectivity index (χ4n) is 2.23. The number of amidine groups is 1. The maximum atomic E-state index is 4.68. The molecule has 1 fully saturated rings. The van der Waals surface area contributed by atoms with Gasteiger partial charge in [0.25, 0.3) is 0 Å². The Labute approximate surface area is 128 Å². The molecule has 0 aliphatic carbocycles. The van der Waals surface area contributed by atoms with Crippen LogP contribution in [0.2, 0.25) is 0 Å². The topological polar surface area (TPSA) is 18.8 Å².